The molecule has 0 atom stereocenters. The van der Waals surface area contributed by atoms with Crippen LogP contribution < -0.4 is 9.47 Å². The van der Waals surface area contributed by atoms with Gasteiger partial charge >= 0.3 is 0 Å². The topological polar surface area (TPSA) is 18.5 Å². The van der Waals surface area contributed by atoms with Gasteiger partial charge in [-0.15, -0.1) is 0 Å². The highest BCUT2D eigenvalue weighted by atomic mass is 19.1. The van der Waals surface area contributed by atoms with Crippen LogP contribution in [0.4, 0.5) is 4.39 Å². The van der Waals surface area contributed by atoms with Gasteiger partial charge in [0.25, 0.3) is 0 Å². The van der Waals surface area contributed by atoms with Crippen LogP contribution in [-0.4, -0.2) is 6.10 Å². The maximum absolute atomic E-state index is 13.0. The van der Waals surface area contributed by atoms with Crippen LogP contribution in [0, 0.1) is 5.82 Å². The molecule has 0 N–H and O–H groups in total. The molecule has 0 aliphatic heterocycles. The van der Waals surface area contributed by atoms with E-state index < -0.39 is 0 Å². The normalized spacial score (nSPS) is 10.5. The molecule has 2 aromatic rings. The number of hydrogen-bond donors (Lipinski definition) is 0. The predicted molar refractivity (Wildman–Crippen MR) is 72.9 cm³/mol. The van der Waals surface area contributed by atoms with E-state index in [0.29, 0.717) is 12.4 Å². The average Bonchev–Trinajstić information content (AvgIpc) is 2.37. The Balaban J connectivity index is 1.93. The van der Waals surface area contributed by atoms with E-state index in [-0.39, 0.29) is 11.9 Å². The van der Waals surface area contributed by atoms with Crippen LogP contribution in [0.25, 0.3) is 0 Å². The molecule has 3 heteroatoms. The molecule has 0 unspecified atom stereocenters. The summed E-state index contributed by atoms with van der Waals surface area (Å²) in [7, 11) is 0. The van der Waals surface area contributed by atoms with Crippen molar-refractivity contribution in [3.05, 3.63) is 59.9 Å². The Labute approximate surface area is 112 Å². The largest absolute Gasteiger partial charge is 0.491 e. The lowest BCUT2D eigenvalue weighted by atomic mass is 10.2. The van der Waals surface area contributed by atoms with E-state index in [1.807, 2.05) is 38.1 Å². The maximum Gasteiger partial charge on any atom is 0.126 e. The van der Waals surface area contributed by atoms with Crippen molar-refractivity contribution in [1.29, 1.82) is 0 Å². The third-order valence-electron chi connectivity index (χ3n) is 2.50. The molecule has 0 saturated carbocycles. The Bertz CT molecular complexity index is 521. The Morgan fingerprint density at radius 1 is 1.00 bits per heavy atom. The van der Waals surface area contributed by atoms with E-state index in [9.17, 15) is 4.39 Å². The summed E-state index contributed by atoms with van der Waals surface area (Å²) in [6.07, 6.45) is 0.161. The molecule has 0 heterocycles. The summed E-state index contributed by atoms with van der Waals surface area (Å²) in [5.74, 6) is 1.07. The zero-order chi connectivity index (χ0) is 13.7. The van der Waals surface area contributed by atoms with Gasteiger partial charge < -0.3 is 9.47 Å². The van der Waals surface area contributed by atoms with Crippen molar-refractivity contribution >= 4 is 0 Å². The maximum atomic E-state index is 13.0. The van der Waals surface area contributed by atoms with E-state index in [1.165, 1.54) is 12.1 Å². The standard InChI is InChI=1S/C16H17FO2/c1-12(2)19-15-8-6-13(7-9-15)11-18-16-5-3-4-14(17)10-16/h3-10,12H,11H2,1-2H3. The minimum absolute atomic E-state index is 0.161. The van der Waals surface area contributed by atoms with Gasteiger partial charge in [-0.05, 0) is 43.7 Å². The van der Waals surface area contributed by atoms with Crippen LogP contribution in [0.5, 0.6) is 11.5 Å². The van der Waals surface area contributed by atoms with Crippen molar-refractivity contribution in [2.75, 3.05) is 0 Å². The van der Waals surface area contributed by atoms with E-state index >= 15 is 0 Å². The smallest absolute Gasteiger partial charge is 0.126 e. The summed E-state index contributed by atoms with van der Waals surface area (Å²) in [6, 6.07) is 13.8. The minimum atomic E-state index is -0.293. The predicted octanol–water partition coefficient (Wildman–Crippen LogP) is 4.19. The third-order valence-corrected chi connectivity index (χ3v) is 2.50. The zero-order valence-corrected chi connectivity index (χ0v) is 11.1. The molecule has 0 aliphatic rings. The van der Waals surface area contributed by atoms with Gasteiger partial charge in [-0.2, -0.15) is 0 Å². The Morgan fingerprint density at radius 3 is 2.37 bits per heavy atom. The van der Waals surface area contributed by atoms with Crippen molar-refractivity contribution in [2.45, 2.75) is 26.6 Å². The lowest BCUT2D eigenvalue weighted by Crippen LogP contribution is -2.05. The van der Waals surface area contributed by atoms with Crippen LogP contribution in [-0.2, 0) is 6.61 Å². The first-order chi connectivity index (χ1) is 9.13. The molecule has 2 aromatic carbocycles. The summed E-state index contributed by atoms with van der Waals surface area (Å²) in [4.78, 5) is 0. The number of hydrogen-bond acceptors (Lipinski definition) is 2. The molecule has 0 radical (unpaired) electrons. The van der Waals surface area contributed by atoms with E-state index in [1.54, 1.807) is 12.1 Å². The SMILES string of the molecule is CC(C)Oc1ccc(COc2cccc(F)c2)cc1. The number of benzene rings is 2. The van der Waals surface area contributed by atoms with Gasteiger partial charge in [0.05, 0.1) is 6.10 Å². The van der Waals surface area contributed by atoms with Gasteiger partial charge in [-0.3, -0.25) is 0 Å². The number of ether oxygens (including phenoxy) is 2. The molecule has 0 aromatic heterocycles. The molecular formula is C16H17FO2. The molecule has 0 amide bonds. The fraction of sp³-hybridized carbons (Fsp3) is 0.250. The van der Waals surface area contributed by atoms with Gasteiger partial charge in [0.1, 0.15) is 23.9 Å². The van der Waals surface area contributed by atoms with Gasteiger partial charge in [0.15, 0.2) is 0 Å². The summed E-state index contributed by atoms with van der Waals surface area (Å²) < 4.78 is 24.0. The molecular weight excluding hydrogens is 243 g/mol. The summed E-state index contributed by atoms with van der Waals surface area (Å²) >= 11 is 0. The zero-order valence-electron chi connectivity index (χ0n) is 11.1. The monoisotopic (exact) mass is 260 g/mol. The van der Waals surface area contributed by atoms with Crippen LogP contribution in [0.2, 0.25) is 0 Å². The van der Waals surface area contributed by atoms with Crippen molar-refractivity contribution in [3.8, 4) is 11.5 Å². The lowest BCUT2D eigenvalue weighted by Gasteiger charge is -2.10. The number of halogens is 1. The second-order valence-corrected chi connectivity index (χ2v) is 4.56. The third kappa shape index (κ3) is 4.28. The average molecular weight is 260 g/mol. The fourth-order valence-corrected chi connectivity index (χ4v) is 1.66. The van der Waals surface area contributed by atoms with E-state index in [2.05, 4.69) is 0 Å². The van der Waals surface area contributed by atoms with Crippen molar-refractivity contribution in [2.24, 2.45) is 0 Å². The second kappa shape index (κ2) is 6.23. The molecule has 0 spiro atoms. The first-order valence-corrected chi connectivity index (χ1v) is 6.27. The summed E-state index contributed by atoms with van der Waals surface area (Å²) in [5, 5.41) is 0. The molecule has 0 saturated heterocycles. The van der Waals surface area contributed by atoms with Gasteiger partial charge in [0, 0.05) is 6.07 Å². The van der Waals surface area contributed by atoms with Crippen molar-refractivity contribution in [1.82, 2.24) is 0 Å². The Kier molecular flexibility index (Phi) is 4.39. The molecule has 0 fully saturated rings. The summed E-state index contributed by atoms with van der Waals surface area (Å²) in [5.41, 5.74) is 1.01. The van der Waals surface area contributed by atoms with Gasteiger partial charge in [-0.1, -0.05) is 18.2 Å². The van der Waals surface area contributed by atoms with Crippen LogP contribution in [0.3, 0.4) is 0 Å². The molecule has 0 aliphatic carbocycles. The van der Waals surface area contributed by atoms with Crippen molar-refractivity contribution in [3.63, 3.8) is 0 Å². The highest BCUT2D eigenvalue weighted by Crippen LogP contribution is 2.17. The van der Waals surface area contributed by atoms with Crippen LogP contribution in [0.15, 0.2) is 48.5 Å². The Hall–Kier alpha value is -2.03. The molecule has 19 heavy (non-hydrogen) atoms. The molecule has 2 rings (SSSR count). The first-order valence-electron chi connectivity index (χ1n) is 6.27. The van der Waals surface area contributed by atoms with Gasteiger partial charge in [0.2, 0.25) is 0 Å². The van der Waals surface area contributed by atoms with Crippen LogP contribution >= 0.6 is 0 Å². The van der Waals surface area contributed by atoms with Gasteiger partial charge in [-0.25, -0.2) is 4.39 Å². The van der Waals surface area contributed by atoms with Crippen molar-refractivity contribution < 1.29 is 13.9 Å². The van der Waals surface area contributed by atoms with E-state index in [4.69, 9.17) is 9.47 Å². The lowest BCUT2D eigenvalue weighted by molar-refractivity contribution is 0.242. The summed E-state index contributed by atoms with van der Waals surface area (Å²) in [6.45, 7) is 4.38. The fourth-order valence-electron chi connectivity index (χ4n) is 1.66. The molecule has 100 valence electrons. The quantitative estimate of drug-likeness (QED) is 0.802. The molecule has 2 nitrogen and oxygen atoms in total. The molecule has 0 bridgehead atoms. The van der Waals surface area contributed by atoms with Crippen LogP contribution in [0.1, 0.15) is 19.4 Å². The van der Waals surface area contributed by atoms with E-state index in [0.717, 1.165) is 11.3 Å². The Morgan fingerprint density at radius 2 is 1.74 bits per heavy atom. The first kappa shape index (κ1) is 13.4. The minimum Gasteiger partial charge on any atom is -0.491 e. The second-order valence-electron chi connectivity index (χ2n) is 4.56. The highest BCUT2D eigenvalue weighted by molar-refractivity contribution is 5.28. The highest BCUT2D eigenvalue weighted by Gasteiger charge is 2.00. The number of rotatable bonds is 5.